The SMILES string of the molecule is CC(C)(C)Cc1nnc(-c2nc(Br)cs2)o1.O=C=O. The second-order valence-corrected chi connectivity index (χ2v) is 6.47. The van der Waals surface area contributed by atoms with Gasteiger partial charge in [-0.2, -0.15) is 9.59 Å². The molecule has 19 heavy (non-hydrogen) atoms. The normalized spacial score (nSPS) is 10.5. The summed E-state index contributed by atoms with van der Waals surface area (Å²) in [6.45, 7) is 6.41. The van der Waals surface area contributed by atoms with E-state index in [1.165, 1.54) is 11.3 Å². The first-order chi connectivity index (χ1) is 8.85. The van der Waals surface area contributed by atoms with Gasteiger partial charge in [-0.1, -0.05) is 20.8 Å². The minimum Gasteiger partial charge on any atom is -0.419 e. The van der Waals surface area contributed by atoms with Crippen LogP contribution in [0.2, 0.25) is 0 Å². The van der Waals surface area contributed by atoms with Crippen molar-refractivity contribution in [3.05, 3.63) is 15.9 Å². The summed E-state index contributed by atoms with van der Waals surface area (Å²) in [5, 5.41) is 10.7. The molecule has 2 rings (SSSR count). The van der Waals surface area contributed by atoms with Crippen molar-refractivity contribution in [2.45, 2.75) is 27.2 Å². The van der Waals surface area contributed by atoms with Crippen LogP contribution < -0.4 is 0 Å². The molecule has 0 saturated carbocycles. The van der Waals surface area contributed by atoms with Crippen LogP contribution in [0.15, 0.2) is 14.4 Å². The van der Waals surface area contributed by atoms with E-state index in [2.05, 4.69) is 51.9 Å². The van der Waals surface area contributed by atoms with Gasteiger partial charge in [-0.25, -0.2) is 4.98 Å². The van der Waals surface area contributed by atoms with Gasteiger partial charge in [-0.3, -0.25) is 0 Å². The molecule has 0 aromatic carbocycles. The number of hydrogen-bond donors (Lipinski definition) is 0. The van der Waals surface area contributed by atoms with Crippen LogP contribution in [0, 0.1) is 5.41 Å². The highest BCUT2D eigenvalue weighted by atomic mass is 79.9. The van der Waals surface area contributed by atoms with Crippen molar-refractivity contribution in [2.75, 3.05) is 0 Å². The smallest absolute Gasteiger partial charge is 0.373 e. The minimum absolute atomic E-state index is 0.146. The Hall–Kier alpha value is -1.37. The van der Waals surface area contributed by atoms with E-state index < -0.39 is 0 Å². The van der Waals surface area contributed by atoms with E-state index in [0.29, 0.717) is 11.8 Å². The van der Waals surface area contributed by atoms with Crippen molar-refractivity contribution >= 4 is 33.4 Å². The second kappa shape index (κ2) is 6.70. The fourth-order valence-corrected chi connectivity index (χ4v) is 2.39. The van der Waals surface area contributed by atoms with Gasteiger partial charge >= 0.3 is 6.15 Å². The fraction of sp³-hybridized carbons (Fsp3) is 0.455. The highest BCUT2D eigenvalue weighted by Crippen LogP contribution is 2.26. The molecular weight excluding hydrogens is 334 g/mol. The van der Waals surface area contributed by atoms with Gasteiger partial charge in [0, 0.05) is 11.8 Å². The molecule has 0 aliphatic heterocycles. The molecule has 0 radical (unpaired) electrons. The molecule has 0 spiro atoms. The lowest BCUT2D eigenvalue weighted by Gasteiger charge is -2.14. The Morgan fingerprint density at radius 1 is 1.37 bits per heavy atom. The van der Waals surface area contributed by atoms with E-state index in [4.69, 9.17) is 14.0 Å². The molecule has 8 heteroatoms. The van der Waals surface area contributed by atoms with Crippen molar-refractivity contribution in [3.63, 3.8) is 0 Å². The first-order valence-electron chi connectivity index (χ1n) is 5.29. The topological polar surface area (TPSA) is 85.9 Å². The second-order valence-electron chi connectivity index (χ2n) is 4.80. The van der Waals surface area contributed by atoms with Crippen LogP contribution in [0.5, 0.6) is 0 Å². The molecule has 0 aliphatic rings. The average molecular weight is 346 g/mol. The summed E-state index contributed by atoms with van der Waals surface area (Å²) in [4.78, 5) is 20.5. The number of aromatic nitrogens is 3. The first-order valence-corrected chi connectivity index (χ1v) is 6.96. The van der Waals surface area contributed by atoms with Gasteiger partial charge in [0.05, 0.1) is 0 Å². The van der Waals surface area contributed by atoms with Gasteiger partial charge in [0.2, 0.25) is 5.89 Å². The summed E-state index contributed by atoms with van der Waals surface area (Å²) in [7, 11) is 0. The monoisotopic (exact) mass is 345 g/mol. The highest BCUT2D eigenvalue weighted by molar-refractivity contribution is 9.10. The van der Waals surface area contributed by atoms with Crippen LogP contribution in [0.4, 0.5) is 0 Å². The third kappa shape index (κ3) is 5.42. The van der Waals surface area contributed by atoms with Gasteiger partial charge in [-0.15, -0.1) is 21.5 Å². The summed E-state index contributed by atoms with van der Waals surface area (Å²) in [5.41, 5.74) is 0.146. The molecular formula is C11H12BrN3O3S. The minimum atomic E-state index is 0.146. The number of hydrogen-bond acceptors (Lipinski definition) is 7. The lowest BCUT2D eigenvalue weighted by Crippen LogP contribution is -2.09. The first kappa shape index (κ1) is 15.7. The van der Waals surface area contributed by atoms with Gasteiger partial charge in [0.25, 0.3) is 5.89 Å². The van der Waals surface area contributed by atoms with E-state index in [9.17, 15) is 0 Å². The zero-order valence-electron chi connectivity index (χ0n) is 10.6. The van der Waals surface area contributed by atoms with Crippen LogP contribution in [0.25, 0.3) is 10.9 Å². The molecule has 0 N–H and O–H groups in total. The standard InChI is InChI=1S/C10H12BrN3OS.CO2/c1-10(2,3)4-7-13-14-8(15-7)9-12-6(11)5-16-9;2-1-3/h5H,4H2,1-3H3;. The molecule has 0 amide bonds. The van der Waals surface area contributed by atoms with Crippen LogP contribution in [0.3, 0.4) is 0 Å². The molecule has 2 aromatic rings. The Kier molecular flexibility index (Phi) is 5.53. The number of nitrogens with zero attached hydrogens (tertiary/aromatic N) is 3. The van der Waals surface area contributed by atoms with E-state index in [0.717, 1.165) is 16.0 Å². The van der Waals surface area contributed by atoms with Crippen molar-refractivity contribution in [1.82, 2.24) is 15.2 Å². The molecule has 2 heterocycles. The maximum Gasteiger partial charge on any atom is 0.373 e. The molecule has 0 bridgehead atoms. The van der Waals surface area contributed by atoms with Crippen molar-refractivity contribution < 1.29 is 14.0 Å². The highest BCUT2D eigenvalue weighted by Gasteiger charge is 2.18. The Morgan fingerprint density at radius 3 is 2.47 bits per heavy atom. The Bertz CT molecular complexity index is 568. The largest absolute Gasteiger partial charge is 0.419 e. The molecule has 2 aromatic heterocycles. The fourth-order valence-electron chi connectivity index (χ4n) is 1.22. The number of halogens is 1. The van der Waals surface area contributed by atoms with Crippen molar-refractivity contribution in [2.24, 2.45) is 5.41 Å². The molecule has 0 saturated heterocycles. The van der Waals surface area contributed by atoms with Gasteiger partial charge < -0.3 is 4.42 Å². The molecule has 0 fully saturated rings. The van der Waals surface area contributed by atoms with Gasteiger partial charge in [-0.05, 0) is 21.3 Å². The number of thiazole rings is 1. The summed E-state index contributed by atoms with van der Waals surface area (Å²) < 4.78 is 6.36. The maximum atomic E-state index is 8.12. The summed E-state index contributed by atoms with van der Waals surface area (Å²) in [6.07, 6.45) is 1.02. The Morgan fingerprint density at radius 2 is 2.00 bits per heavy atom. The summed E-state index contributed by atoms with van der Waals surface area (Å²) in [6, 6.07) is 0. The summed E-state index contributed by atoms with van der Waals surface area (Å²) in [5.74, 6) is 1.16. The van der Waals surface area contributed by atoms with Crippen LogP contribution in [0.1, 0.15) is 26.7 Å². The van der Waals surface area contributed by atoms with Gasteiger partial charge in [0.1, 0.15) is 4.60 Å². The predicted octanol–water partition coefficient (Wildman–Crippen LogP) is 2.96. The third-order valence-electron chi connectivity index (χ3n) is 1.81. The van der Waals surface area contributed by atoms with Crippen LogP contribution in [-0.2, 0) is 16.0 Å². The molecule has 6 nitrogen and oxygen atoms in total. The number of rotatable bonds is 2. The molecule has 0 aliphatic carbocycles. The average Bonchev–Trinajstić information content (AvgIpc) is 2.86. The maximum absolute atomic E-state index is 8.12. The van der Waals surface area contributed by atoms with E-state index in [-0.39, 0.29) is 11.6 Å². The lowest BCUT2D eigenvalue weighted by atomic mass is 9.92. The van der Waals surface area contributed by atoms with Crippen molar-refractivity contribution in [3.8, 4) is 10.9 Å². The van der Waals surface area contributed by atoms with E-state index >= 15 is 0 Å². The van der Waals surface area contributed by atoms with Crippen molar-refractivity contribution in [1.29, 1.82) is 0 Å². The lowest BCUT2D eigenvalue weighted by molar-refractivity contribution is -0.191. The Labute approximate surface area is 122 Å². The predicted molar refractivity (Wildman–Crippen MR) is 71.3 cm³/mol. The quantitative estimate of drug-likeness (QED) is 0.831. The zero-order valence-corrected chi connectivity index (χ0v) is 13.0. The van der Waals surface area contributed by atoms with E-state index in [1.807, 2.05) is 5.38 Å². The van der Waals surface area contributed by atoms with Crippen LogP contribution in [-0.4, -0.2) is 21.3 Å². The Balaban J connectivity index is 0.000000550. The summed E-state index contributed by atoms with van der Waals surface area (Å²) >= 11 is 4.77. The van der Waals surface area contributed by atoms with E-state index in [1.54, 1.807) is 0 Å². The molecule has 0 atom stereocenters. The third-order valence-corrected chi connectivity index (χ3v) is 3.35. The zero-order chi connectivity index (χ0) is 14.5. The molecule has 0 unspecified atom stereocenters. The van der Waals surface area contributed by atoms with Crippen LogP contribution >= 0.6 is 27.3 Å². The van der Waals surface area contributed by atoms with Gasteiger partial charge in [0.15, 0.2) is 5.01 Å². The number of carbonyl (C=O) groups excluding carboxylic acids is 2. The molecule has 102 valence electrons.